The van der Waals surface area contributed by atoms with Crippen molar-refractivity contribution in [1.82, 2.24) is 9.97 Å². The van der Waals surface area contributed by atoms with Gasteiger partial charge in [-0.15, -0.1) is 11.3 Å². The highest BCUT2D eigenvalue weighted by Crippen LogP contribution is 2.32. The molecule has 0 radical (unpaired) electrons. The fourth-order valence-electron chi connectivity index (χ4n) is 2.16. The summed E-state index contributed by atoms with van der Waals surface area (Å²) in [5.74, 6) is -0.979. The molecule has 0 unspecified atom stereocenters. The topological polar surface area (TPSA) is 121 Å². The van der Waals surface area contributed by atoms with Crippen LogP contribution in [0.1, 0.15) is 10.4 Å². The van der Waals surface area contributed by atoms with Gasteiger partial charge in [-0.05, 0) is 12.1 Å². The summed E-state index contributed by atoms with van der Waals surface area (Å²) in [6.45, 7) is 0. The van der Waals surface area contributed by atoms with Gasteiger partial charge in [-0.2, -0.15) is 0 Å². The van der Waals surface area contributed by atoms with E-state index in [-0.39, 0.29) is 28.6 Å². The number of aromatic amines is 1. The molecule has 0 aliphatic carbocycles. The number of H-pyrrole nitrogens is 1. The number of aromatic hydroxyl groups is 1. The van der Waals surface area contributed by atoms with Gasteiger partial charge in [-0.3, -0.25) is 9.59 Å². The second kappa shape index (κ2) is 7.58. The molecule has 1 amide bonds. The molecule has 0 spiro atoms. The number of pyridine rings is 1. The number of benzene rings is 1. The number of aromatic nitrogens is 2. The first-order chi connectivity index (χ1) is 12.5. The number of esters is 1. The predicted molar refractivity (Wildman–Crippen MR) is 99.0 cm³/mol. The lowest BCUT2D eigenvalue weighted by atomic mass is 10.2. The van der Waals surface area contributed by atoms with E-state index in [1.807, 2.05) is 0 Å². The third-order valence-corrected chi connectivity index (χ3v) is 5.50. The lowest BCUT2D eigenvalue weighted by Crippen LogP contribution is -2.17. The molecule has 10 heteroatoms. The molecule has 1 aromatic carbocycles. The lowest BCUT2D eigenvalue weighted by molar-refractivity contribution is -0.113. The molecule has 134 valence electrons. The molecular formula is C16H13N3O5S2. The zero-order valence-electron chi connectivity index (χ0n) is 13.4. The van der Waals surface area contributed by atoms with Crippen LogP contribution in [0.3, 0.4) is 0 Å². The maximum atomic E-state index is 12.2. The van der Waals surface area contributed by atoms with Crippen molar-refractivity contribution in [2.24, 2.45) is 0 Å². The van der Waals surface area contributed by atoms with E-state index in [9.17, 15) is 19.5 Å². The number of anilines is 1. The van der Waals surface area contributed by atoms with Gasteiger partial charge in [0.1, 0.15) is 10.4 Å². The fourth-order valence-corrected chi connectivity index (χ4v) is 3.97. The molecule has 3 aromatic rings. The third-order valence-electron chi connectivity index (χ3n) is 3.28. The van der Waals surface area contributed by atoms with Crippen LogP contribution in [0.5, 0.6) is 5.75 Å². The number of para-hydroxylation sites is 1. The Morgan fingerprint density at radius 2 is 2.15 bits per heavy atom. The minimum absolute atomic E-state index is 0.0420. The van der Waals surface area contributed by atoms with Crippen molar-refractivity contribution >= 4 is 51.0 Å². The number of carbonyl (C=O) groups excluding carboxylic acids is 2. The first-order valence-corrected chi connectivity index (χ1v) is 9.11. The zero-order valence-corrected chi connectivity index (χ0v) is 15.1. The molecule has 3 N–H and O–H groups in total. The van der Waals surface area contributed by atoms with E-state index in [4.69, 9.17) is 0 Å². The molecule has 0 aliphatic heterocycles. The standard InChI is InChI=1S/C16H13N3O5S2/c1-24-15(23)8-4-2-3-5-9(8)17-12(22)7-25-16-19-14-13(26-16)10(20)6-11(21)18-14/h2-6H,7H2,1H3,(H,17,22)(H2,18,20,21). The SMILES string of the molecule is COC(=O)c1ccccc1NC(=O)CSc1nc2[nH]c(=O)cc(O)c2s1. The molecule has 0 fully saturated rings. The van der Waals surface area contributed by atoms with Crippen molar-refractivity contribution in [1.29, 1.82) is 0 Å². The minimum Gasteiger partial charge on any atom is -0.506 e. The summed E-state index contributed by atoms with van der Waals surface area (Å²) < 4.78 is 5.66. The van der Waals surface area contributed by atoms with Gasteiger partial charge in [0.2, 0.25) is 5.91 Å². The zero-order chi connectivity index (χ0) is 18.7. The minimum atomic E-state index is -0.542. The van der Waals surface area contributed by atoms with Crippen LogP contribution in [-0.4, -0.2) is 39.8 Å². The van der Waals surface area contributed by atoms with Crippen molar-refractivity contribution in [3.8, 4) is 5.75 Å². The fraction of sp³-hybridized carbons (Fsp3) is 0.125. The second-order valence-corrected chi connectivity index (χ2v) is 7.27. The highest BCUT2D eigenvalue weighted by Gasteiger charge is 2.15. The smallest absolute Gasteiger partial charge is 0.339 e. The lowest BCUT2D eigenvalue weighted by Gasteiger charge is -2.08. The number of hydrogen-bond donors (Lipinski definition) is 3. The molecule has 2 aromatic heterocycles. The number of rotatable bonds is 5. The molecule has 8 nitrogen and oxygen atoms in total. The summed E-state index contributed by atoms with van der Waals surface area (Å²) in [6.07, 6.45) is 0. The molecule has 0 atom stereocenters. The van der Waals surface area contributed by atoms with Crippen LogP contribution >= 0.6 is 23.1 Å². The van der Waals surface area contributed by atoms with Crippen LogP contribution < -0.4 is 10.9 Å². The van der Waals surface area contributed by atoms with Gasteiger partial charge in [0.25, 0.3) is 5.56 Å². The Morgan fingerprint density at radius 3 is 2.92 bits per heavy atom. The van der Waals surface area contributed by atoms with Crippen LogP contribution in [0.4, 0.5) is 5.69 Å². The number of nitrogens with one attached hydrogen (secondary N) is 2. The molecular weight excluding hydrogens is 378 g/mol. The van der Waals surface area contributed by atoms with Gasteiger partial charge in [-0.25, -0.2) is 9.78 Å². The Kier molecular flexibility index (Phi) is 5.24. The molecule has 0 saturated carbocycles. The highest BCUT2D eigenvalue weighted by atomic mass is 32.2. The first kappa shape index (κ1) is 18.0. The van der Waals surface area contributed by atoms with E-state index in [2.05, 4.69) is 20.0 Å². The number of thiazole rings is 1. The Hall–Kier alpha value is -2.85. The van der Waals surface area contributed by atoms with Crippen molar-refractivity contribution in [3.63, 3.8) is 0 Å². The molecule has 0 aliphatic rings. The summed E-state index contributed by atoms with van der Waals surface area (Å²) in [7, 11) is 1.27. The van der Waals surface area contributed by atoms with Crippen LogP contribution in [0.15, 0.2) is 39.5 Å². The number of amides is 1. The quantitative estimate of drug-likeness (QED) is 0.450. The van der Waals surface area contributed by atoms with Gasteiger partial charge in [0.05, 0.1) is 24.1 Å². The number of nitrogens with zero attached hydrogens (tertiary/aromatic N) is 1. The van der Waals surface area contributed by atoms with Crippen molar-refractivity contribution in [2.75, 3.05) is 18.2 Å². The van der Waals surface area contributed by atoms with Gasteiger partial charge >= 0.3 is 5.97 Å². The van der Waals surface area contributed by atoms with Crippen LogP contribution in [0.2, 0.25) is 0 Å². The van der Waals surface area contributed by atoms with Crippen molar-refractivity contribution < 1.29 is 19.4 Å². The molecule has 2 heterocycles. The van der Waals surface area contributed by atoms with Gasteiger partial charge in [0, 0.05) is 6.07 Å². The number of carbonyl (C=O) groups is 2. The van der Waals surface area contributed by atoms with Crippen LogP contribution in [0.25, 0.3) is 10.3 Å². The number of ether oxygens (including phenoxy) is 1. The third kappa shape index (κ3) is 3.86. The summed E-state index contributed by atoms with van der Waals surface area (Å²) in [4.78, 5) is 41.9. The van der Waals surface area contributed by atoms with E-state index in [1.165, 1.54) is 18.4 Å². The summed E-state index contributed by atoms with van der Waals surface area (Å²) in [5, 5.41) is 12.4. The normalized spacial score (nSPS) is 10.7. The second-order valence-electron chi connectivity index (χ2n) is 5.05. The molecule has 0 bridgehead atoms. The first-order valence-electron chi connectivity index (χ1n) is 7.30. The maximum Gasteiger partial charge on any atom is 0.339 e. The van der Waals surface area contributed by atoms with E-state index in [0.29, 0.717) is 14.7 Å². The Balaban J connectivity index is 1.69. The predicted octanol–water partition coefficient (Wildman–Crippen LogP) is 2.21. The van der Waals surface area contributed by atoms with Crippen LogP contribution in [-0.2, 0) is 9.53 Å². The number of fused-ring (bicyclic) bond motifs is 1. The van der Waals surface area contributed by atoms with Crippen molar-refractivity contribution in [2.45, 2.75) is 4.34 Å². The van der Waals surface area contributed by atoms with E-state index in [0.717, 1.165) is 17.8 Å². The van der Waals surface area contributed by atoms with Gasteiger partial charge in [-0.1, -0.05) is 23.9 Å². The summed E-state index contributed by atoms with van der Waals surface area (Å²) in [6, 6.07) is 7.61. The maximum absolute atomic E-state index is 12.2. The Bertz CT molecular complexity index is 1040. The largest absolute Gasteiger partial charge is 0.506 e. The highest BCUT2D eigenvalue weighted by molar-refractivity contribution is 8.01. The number of hydrogen-bond acceptors (Lipinski definition) is 8. The Labute approximate surface area is 155 Å². The average molecular weight is 391 g/mol. The average Bonchev–Trinajstić information content (AvgIpc) is 3.03. The van der Waals surface area contributed by atoms with Gasteiger partial charge in [0.15, 0.2) is 9.99 Å². The number of thioether (sulfide) groups is 1. The molecule has 3 rings (SSSR count). The van der Waals surface area contributed by atoms with E-state index in [1.54, 1.807) is 24.3 Å². The van der Waals surface area contributed by atoms with Gasteiger partial charge < -0.3 is 20.1 Å². The van der Waals surface area contributed by atoms with E-state index < -0.39 is 11.5 Å². The monoisotopic (exact) mass is 391 g/mol. The van der Waals surface area contributed by atoms with Crippen molar-refractivity contribution in [3.05, 3.63) is 46.2 Å². The summed E-state index contributed by atoms with van der Waals surface area (Å²) >= 11 is 2.32. The summed E-state index contributed by atoms with van der Waals surface area (Å²) in [5.41, 5.74) is 0.444. The van der Waals surface area contributed by atoms with E-state index >= 15 is 0 Å². The Morgan fingerprint density at radius 1 is 1.38 bits per heavy atom. The van der Waals surface area contributed by atoms with Crippen LogP contribution in [0, 0.1) is 0 Å². The molecule has 0 saturated heterocycles. The number of methoxy groups -OCH3 is 1. The molecule has 26 heavy (non-hydrogen) atoms.